The van der Waals surface area contributed by atoms with E-state index in [1.165, 1.54) is 0 Å². The Morgan fingerprint density at radius 3 is 2.67 bits per heavy atom. The second-order valence-electron chi connectivity index (χ2n) is 6.51. The third-order valence-electron chi connectivity index (χ3n) is 3.94. The van der Waals surface area contributed by atoms with E-state index in [4.69, 9.17) is 4.74 Å². The third-order valence-corrected chi connectivity index (χ3v) is 4.78. The lowest BCUT2D eigenvalue weighted by atomic mass is 9.91. The average Bonchev–Trinajstić information content (AvgIpc) is 2.94. The summed E-state index contributed by atoms with van der Waals surface area (Å²) in [5.74, 6) is -0.0287. The standard InChI is InChI=1S/C15H25N3O2S/c1-14(2,3)11-10-21-12(18-11)9-17-13(19)15(20-4)5-7-16-8-6-15/h10,16H,5-9H2,1-4H3,(H,17,19). The summed E-state index contributed by atoms with van der Waals surface area (Å²) in [6.45, 7) is 8.51. The Kier molecular flexibility index (Phi) is 5.01. The van der Waals surface area contributed by atoms with Crippen LogP contribution in [0, 0.1) is 0 Å². The minimum atomic E-state index is -0.685. The van der Waals surface area contributed by atoms with Gasteiger partial charge in [-0.1, -0.05) is 20.8 Å². The SMILES string of the molecule is COC1(C(=O)NCc2nc(C(C)(C)C)cs2)CCNCC1. The molecule has 0 radical (unpaired) electrons. The number of carbonyl (C=O) groups excluding carboxylic acids is 1. The Bertz CT molecular complexity index is 487. The van der Waals surface area contributed by atoms with Crippen molar-refractivity contribution in [1.29, 1.82) is 0 Å². The highest BCUT2D eigenvalue weighted by molar-refractivity contribution is 7.09. The molecule has 0 aromatic carbocycles. The van der Waals surface area contributed by atoms with E-state index >= 15 is 0 Å². The van der Waals surface area contributed by atoms with Gasteiger partial charge in [-0.25, -0.2) is 4.98 Å². The van der Waals surface area contributed by atoms with Gasteiger partial charge in [0.2, 0.25) is 0 Å². The van der Waals surface area contributed by atoms with Crippen molar-refractivity contribution in [3.05, 3.63) is 16.1 Å². The molecule has 1 aromatic heterocycles. The van der Waals surface area contributed by atoms with Gasteiger partial charge in [0, 0.05) is 17.9 Å². The first-order valence-electron chi connectivity index (χ1n) is 7.36. The maximum Gasteiger partial charge on any atom is 0.252 e. The third kappa shape index (κ3) is 3.81. The molecule has 0 atom stereocenters. The van der Waals surface area contributed by atoms with Gasteiger partial charge in [-0.05, 0) is 25.9 Å². The minimum Gasteiger partial charge on any atom is -0.368 e. The van der Waals surface area contributed by atoms with Crippen LogP contribution in [0.3, 0.4) is 0 Å². The molecule has 2 rings (SSSR count). The lowest BCUT2D eigenvalue weighted by molar-refractivity contribution is -0.146. The molecule has 2 heterocycles. The van der Waals surface area contributed by atoms with Gasteiger partial charge in [0.05, 0.1) is 12.2 Å². The maximum absolute atomic E-state index is 12.4. The first kappa shape index (κ1) is 16.4. The smallest absolute Gasteiger partial charge is 0.252 e. The zero-order valence-electron chi connectivity index (χ0n) is 13.3. The summed E-state index contributed by atoms with van der Waals surface area (Å²) >= 11 is 1.59. The lowest BCUT2D eigenvalue weighted by Crippen LogP contribution is -2.53. The zero-order valence-corrected chi connectivity index (χ0v) is 14.1. The van der Waals surface area contributed by atoms with E-state index < -0.39 is 5.60 Å². The van der Waals surface area contributed by atoms with Crippen LogP contribution in [0.15, 0.2) is 5.38 Å². The lowest BCUT2D eigenvalue weighted by Gasteiger charge is -2.34. The summed E-state index contributed by atoms with van der Waals surface area (Å²) in [4.78, 5) is 17.0. The van der Waals surface area contributed by atoms with Crippen molar-refractivity contribution >= 4 is 17.2 Å². The zero-order chi connectivity index (χ0) is 15.5. The Morgan fingerprint density at radius 1 is 1.48 bits per heavy atom. The minimum absolute atomic E-state index is 0.0287. The van der Waals surface area contributed by atoms with Crippen LogP contribution in [0.1, 0.15) is 44.3 Å². The van der Waals surface area contributed by atoms with E-state index in [1.807, 2.05) is 0 Å². The number of hydrogen-bond acceptors (Lipinski definition) is 5. The van der Waals surface area contributed by atoms with Crippen LogP contribution in [-0.4, -0.2) is 36.7 Å². The van der Waals surface area contributed by atoms with Crippen molar-refractivity contribution in [3.63, 3.8) is 0 Å². The summed E-state index contributed by atoms with van der Waals surface area (Å²) < 4.78 is 5.52. The van der Waals surface area contributed by atoms with Gasteiger partial charge >= 0.3 is 0 Å². The maximum atomic E-state index is 12.4. The van der Waals surface area contributed by atoms with Crippen LogP contribution in [0.25, 0.3) is 0 Å². The number of nitrogens with zero attached hydrogens (tertiary/aromatic N) is 1. The summed E-state index contributed by atoms with van der Waals surface area (Å²) in [6.07, 6.45) is 1.42. The van der Waals surface area contributed by atoms with Gasteiger partial charge < -0.3 is 15.4 Å². The predicted octanol–water partition coefficient (Wildman–Crippen LogP) is 1.83. The molecule has 0 aliphatic carbocycles. The average molecular weight is 311 g/mol. The largest absolute Gasteiger partial charge is 0.368 e. The Balaban J connectivity index is 1.95. The number of hydrogen-bond donors (Lipinski definition) is 2. The number of amides is 1. The molecule has 0 unspecified atom stereocenters. The summed E-state index contributed by atoms with van der Waals surface area (Å²) in [7, 11) is 1.62. The Labute approximate surface area is 130 Å². The summed E-state index contributed by atoms with van der Waals surface area (Å²) in [5.41, 5.74) is 0.428. The van der Waals surface area contributed by atoms with E-state index in [-0.39, 0.29) is 11.3 Å². The number of piperidine rings is 1. The van der Waals surface area contributed by atoms with Gasteiger partial charge in [-0.3, -0.25) is 4.79 Å². The molecule has 6 heteroatoms. The molecule has 1 aliphatic heterocycles. The number of methoxy groups -OCH3 is 1. The predicted molar refractivity (Wildman–Crippen MR) is 84.5 cm³/mol. The fourth-order valence-electron chi connectivity index (χ4n) is 2.41. The molecule has 1 saturated heterocycles. The van der Waals surface area contributed by atoms with Gasteiger partial charge in [0.25, 0.3) is 5.91 Å². The van der Waals surface area contributed by atoms with E-state index in [0.29, 0.717) is 19.4 Å². The van der Waals surface area contributed by atoms with E-state index in [9.17, 15) is 4.79 Å². The number of aromatic nitrogens is 1. The van der Waals surface area contributed by atoms with Crippen molar-refractivity contribution in [3.8, 4) is 0 Å². The second kappa shape index (κ2) is 6.42. The van der Waals surface area contributed by atoms with E-state index in [1.54, 1.807) is 18.4 Å². The molecule has 21 heavy (non-hydrogen) atoms. The monoisotopic (exact) mass is 311 g/mol. The number of carbonyl (C=O) groups is 1. The van der Waals surface area contributed by atoms with Crippen molar-refractivity contribution in [1.82, 2.24) is 15.6 Å². The molecule has 0 bridgehead atoms. The van der Waals surface area contributed by atoms with E-state index in [2.05, 4.69) is 41.8 Å². The number of ether oxygens (including phenoxy) is 1. The van der Waals surface area contributed by atoms with Crippen LogP contribution in [0.5, 0.6) is 0 Å². The number of nitrogens with one attached hydrogen (secondary N) is 2. The molecule has 0 spiro atoms. The summed E-state index contributed by atoms with van der Waals surface area (Å²) in [6, 6.07) is 0. The fourth-order valence-corrected chi connectivity index (χ4v) is 3.37. The molecular formula is C15H25N3O2S. The van der Waals surface area contributed by atoms with Crippen molar-refractivity contribution < 1.29 is 9.53 Å². The van der Waals surface area contributed by atoms with Gasteiger partial charge in [0.15, 0.2) is 0 Å². The van der Waals surface area contributed by atoms with Crippen LogP contribution in [0.4, 0.5) is 0 Å². The Morgan fingerprint density at radius 2 is 2.14 bits per heavy atom. The van der Waals surface area contributed by atoms with Crippen LogP contribution in [0.2, 0.25) is 0 Å². The van der Waals surface area contributed by atoms with Crippen LogP contribution >= 0.6 is 11.3 Å². The molecular weight excluding hydrogens is 286 g/mol. The molecule has 0 saturated carbocycles. The van der Waals surface area contributed by atoms with Gasteiger partial charge in [-0.15, -0.1) is 11.3 Å². The summed E-state index contributed by atoms with van der Waals surface area (Å²) in [5, 5.41) is 9.24. The van der Waals surface area contributed by atoms with Crippen molar-refractivity contribution in [2.24, 2.45) is 0 Å². The molecule has 1 amide bonds. The highest BCUT2D eigenvalue weighted by atomic mass is 32.1. The van der Waals surface area contributed by atoms with Crippen LogP contribution < -0.4 is 10.6 Å². The topological polar surface area (TPSA) is 63.2 Å². The van der Waals surface area contributed by atoms with Gasteiger partial charge in [0.1, 0.15) is 10.6 Å². The second-order valence-corrected chi connectivity index (χ2v) is 7.45. The molecule has 5 nitrogen and oxygen atoms in total. The first-order valence-corrected chi connectivity index (χ1v) is 8.24. The molecule has 1 aliphatic rings. The fraction of sp³-hybridized carbons (Fsp3) is 0.733. The molecule has 118 valence electrons. The quantitative estimate of drug-likeness (QED) is 0.890. The van der Waals surface area contributed by atoms with Crippen molar-refractivity contribution in [2.75, 3.05) is 20.2 Å². The molecule has 1 fully saturated rings. The van der Waals surface area contributed by atoms with Crippen molar-refractivity contribution in [2.45, 2.75) is 51.2 Å². The molecule has 1 aromatic rings. The normalized spacial score (nSPS) is 18.5. The number of rotatable bonds is 4. The highest BCUT2D eigenvalue weighted by Crippen LogP contribution is 2.25. The first-order chi connectivity index (χ1) is 9.87. The Hall–Kier alpha value is -0.980. The van der Waals surface area contributed by atoms with Gasteiger partial charge in [-0.2, -0.15) is 0 Å². The van der Waals surface area contributed by atoms with E-state index in [0.717, 1.165) is 23.8 Å². The molecule has 2 N–H and O–H groups in total. The number of thiazole rings is 1. The highest BCUT2D eigenvalue weighted by Gasteiger charge is 2.39. The van der Waals surface area contributed by atoms with Crippen LogP contribution in [-0.2, 0) is 21.5 Å².